The molecule has 2 rings (SSSR count). The number of benzene rings is 2. The van der Waals surface area contributed by atoms with Gasteiger partial charge >= 0.3 is 6.18 Å². The number of anilines is 2. The lowest BCUT2D eigenvalue weighted by Crippen LogP contribution is -2.25. The van der Waals surface area contributed by atoms with Crippen LogP contribution in [0.1, 0.15) is 21.5 Å². The van der Waals surface area contributed by atoms with Crippen LogP contribution >= 0.6 is 0 Å². The number of carbonyl (C=O) groups is 1. The van der Waals surface area contributed by atoms with Crippen LogP contribution in [-0.4, -0.2) is 27.6 Å². The van der Waals surface area contributed by atoms with Gasteiger partial charge in [-0.25, -0.2) is 8.42 Å². The lowest BCUT2D eigenvalue weighted by atomic mass is 10.1. The summed E-state index contributed by atoms with van der Waals surface area (Å²) in [7, 11) is -2.10. The highest BCUT2D eigenvalue weighted by atomic mass is 32.2. The highest BCUT2D eigenvalue weighted by Gasteiger charge is 2.33. The Morgan fingerprint density at radius 2 is 1.73 bits per heavy atom. The van der Waals surface area contributed by atoms with Crippen molar-refractivity contribution < 1.29 is 26.4 Å². The minimum atomic E-state index is -4.60. The van der Waals surface area contributed by atoms with Crippen molar-refractivity contribution in [2.75, 3.05) is 22.9 Å². The third-order valence-electron chi connectivity index (χ3n) is 3.78. The van der Waals surface area contributed by atoms with Gasteiger partial charge in [0.05, 0.1) is 23.2 Å². The Morgan fingerprint density at radius 1 is 1.12 bits per heavy atom. The molecule has 0 saturated heterocycles. The van der Waals surface area contributed by atoms with E-state index in [2.05, 4.69) is 5.32 Å². The number of amides is 1. The van der Waals surface area contributed by atoms with Gasteiger partial charge < -0.3 is 5.32 Å². The van der Waals surface area contributed by atoms with E-state index in [1.54, 1.807) is 6.92 Å². The van der Waals surface area contributed by atoms with Gasteiger partial charge in [0.1, 0.15) is 0 Å². The SMILES string of the molecule is Cc1cc(C(=O)Nc2ccccc2C(F)(F)F)ccc1N(C)S(C)(=O)=O. The minimum absolute atomic E-state index is 0.116. The van der Waals surface area contributed by atoms with Crippen molar-refractivity contribution in [1.29, 1.82) is 0 Å². The predicted octanol–water partition coefficient (Wildman–Crippen LogP) is 3.66. The second-order valence-electron chi connectivity index (χ2n) is 5.73. The molecular formula is C17H17F3N2O3S. The van der Waals surface area contributed by atoms with E-state index >= 15 is 0 Å². The van der Waals surface area contributed by atoms with E-state index in [0.717, 1.165) is 16.6 Å². The molecule has 0 fully saturated rings. The maximum absolute atomic E-state index is 13.0. The molecule has 1 amide bonds. The smallest absolute Gasteiger partial charge is 0.321 e. The Labute approximate surface area is 149 Å². The highest BCUT2D eigenvalue weighted by molar-refractivity contribution is 7.92. The fraction of sp³-hybridized carbons (Fsp3) is 0.235. The van der Waals surface area contributed by atoms with Crippen LogP contribution in [0, 0.1) is 6.92 Å². The molecule has 0 heterocycles. The van der Waals surface area contributed by atoms with Crippen LogP contribution in [0.25, 0.3) is 0 Å². The average molecular weight is 386 g/mol. The molecule has 0 aliphatic heterocycles. The summed E-state index contributed by atoms with van der Waals surface area (Å²) in [5.41, 5.74) is -0.307. The van der Waals surface area contributed by atoms with E-state index in [-0.39, 0.29) is 11.3 Å². The minimum Gasteiger partial charge on any atom is -0.321 e. The van der Waals surface area contributed by atoms with Crippen LogP contribution < -0.4 is 9.62 Å². The molecule has 0 saturated carbocycles. The van der Waals surface area contributed by atoms with Crippen LogP contribution in [0.2, 0.25) is 0 Å². The van der Waals surface area contributed by atoms with Crippen molar-refractivity contribution in [1.82, 2.24) is 0 Å². The summed E-state index contributed by atoms with van der Waals surface area (Å²) in [5, 5.41) is 2.25. The van der Waals surface area contributed by atoms with Gasteiger partial charge in [0, 0.05) is 12.6 Å². The molecule has 1 N–H and O–H groups in total. The Hall–Kier alpha value is -2.55. The van der Waals surface area contributed by atoms with E-state index in [1.165, 1.54) is 43.4 Å². The first-order valence-corrected chi connectivity index (χ1v) is 9.28. The van der Waals surface area contributed by atoms with E-state index in [9.17, 15) is 26.4 Å². The van der Waals surface area contributed by atoms with Crippen molar-refractivity contribution in [2.45, 2.75) is 13.1 Å². The molecule has 5 nitrogen and oxygen atoms in total. The summed E-state index contributed by atoms with van der Waals surface area (Å²) in [6.45, 7) is 1.61. The van der Waals surface area contributed by atoms with Gasteiger partial charge in [-0.1, -0.05) is 12.1 Å². The number of aryl methyl sites for hydroxylation is 1. The van der Waals surface area contributed by atoms with E-state index in [0.29, 0.717) is 11.3 Å². The quantitative estimate of drug-likeness (QED) is 0.872. The summed E-state index contributed by atoms with van der Waals surface area (Å²) >= 11 is 0. The topological polar surface area (TPSA) is 66.5 Å². The Morgan fingerprint density at radius 3 is 2.27 bits per heavy atom. The van der Waals surface area contributed by atoms with Crippen LogP contribution in [0.5, 0.6) is 0 Å². The third-order valence-corrected chi connectivity index (χ3v) is 4.97. The Balaban J connectivity index is 2.31. The first-order valence-electron chi connectivity index (χ1n) is 7.43. The molecule has 0 unspecified atom stereocenters. The van der Waals surface area contributed by atoms with Gasteiger partial charge in [-0.05, 0) is 42.8 Å². The fourth-order valence-corrected chi connectivity index (χ4v) is 2.92. The van der Waals surface area contributed by atoms with Gasteiger partial charge in [-0.2, -0.15) is 13.2 Å². The van der Waals surface area contributed by atoms with Gasteiger partial charge in [0.15, 0.2) is 0 Å². The number of nitrogens with zero attached hydrogens (tertiary/aromatic N) is 1. The zero-order valence-electron chi connectivity index (χ0n) is 14.3. The summed E-state index contributed by atoms with van der Waals surface area (Å²) in [4.78, 5) is 12.3. The maximum atomic E-state index is 13.0. The number of carbonyl (C=O) groups excluding carboxylic acids is 1. The number of hydrogen-bond donors (Lipinski definition) is 1. The normalized spacial score (nSPS) is 11.9. The third kappa shape index (κ3) is 4.34. The number of nitrogens with one attached hydrogen (secondary N) is 1. The van der Waals surface area contributed by atoms with Crippen molar-refractivity contribution in [2.24, 2.45) is 0 Å². The van der Waals surface area contributed by atoms with E-state index in [4.69, 9.17) is 0 Å². The lowest BCUT2D eigenvalue weighted by Gasteiger charge is -2.19. The molecular weight excluding hydrogens is 369 g/mol. The molecule has 0 radical (unpaired) electrons. The van der Waals surface area contributed by atoms with Crippen molar-refractivity contribution in [3.05, 3.63) is 59.2 Å². The molecule has 2 aromatic carbocycles. The molecule has 2 aromatic rings. The number of halogens is 3. The van der Waals surface area contributed by atoms with Gasteiger partial charge in [-0.15, -0.1) is 0 Å². The lowest BCUT2D eigenvalue weighted by molar-refractivity contribution is -0.136. The van der Waals surface area contributed by atoms with Gasteiger partial charge in [-0.3, -0.25) is 9.10 Å². The van der Waals surface area contributed by atoms with Crippen molar-refractivity contribution in [3.8, 4) is 0 Å². The second-order valence-corrected chi connectivity index (χ2v) is 7.74. The molecule has 9 heteroatoms. The number of hydrogen-bond acceptors (Lipinski definition) is 3. The summed E-state index contributed by atoms with van der Waals surface area (Å²) in [5.74, 6) is -0.724. The standard InChI is InChI=1S/C17H17F3N2O3S/c1-11-10-12(8-9-15(11)22(2)26(3,24)25)16(23)21-14-7-5-4-6-13(14)17(18,19)20/h4-10H,1-3H3,(H,21,23). The predicted molar refractivity (Wildman–Crippen MR) is 93.8 cm³/mol. The van der Waals surface area contributed by atoms with Crippen molar-refractivity contribution >= 4 is 27.3 Å². The molecule has 0 atom stereocenters. The zero-order valence-corrected chi connectivity index (χ0v) is 15.1. The summed E-state index contributed by atoms with van der Waals surface area (Å²) < 4.78 is 63.3. The molecule has 0 aliphatic rings. The van der Waals surface area contributed by atoms with Crippen LogP contribution in [0.3, 0.4) is 0 Å². The Kier molecular flexibility index (Phi) is 5.31. The molecule has 0 bridgehead atoms. The number of sulfonamides is 1. The molecule has 26 heavy (non-hydrogen) atoms. The van der Waals surface area contributed by atoms with E-state index in [1.807, 2.05) is 0 Å². The maximum Gasteiger partial charge on any atom is 0.418 e. The number of para-hydroxylation sites is 1. The molecule has 0 aliphatic carbocycles. The highest BCUT2D eigenvalue weighted by Crippen LogP contribution is 2.34. The second kappa shape index (κ2) is 6.99. The molecule has 0 spiro atoms. The van der Waals surface area contributed by atoms with Gasteiger partial charge in [0.2, 0.25) is 10.0 Å². The average Bonchev–Trinajstić information content (AvgIpc) is 2.52. The van der Waals surface area contributed by atoms with E-state index < -0.39 is 27.7 Å². The first kappa shape index (κ1) is 19.8. The monoisotopic (exact) mass is 386 g/mol. The van der Waals surface area contributed by atoms with Crippen LogP contribution in [-0.2, 0) is 16.2 Å². The zero-order chi connectivity index (χ0) is 19.7. The van der Waals surface area contributed by atoms with Crippen LogP contribution in [0.4, 0.5) is 24.5 Å². The number of rotatable bonds is 4. The van der Waals surface area contributed by atoms with Gasteiger partial charge in [0.25, 0.3) is 5.91 Å². The summed E-state index contributed by atoms with van der Waals surface area (Å²) in [6.07, 6.45) is -3.55. The van der Waals surface area contributed by atoms with Crippen molar-refractivity contribution in [3.63, 3.8) is 0 Å². The largest absolute Gasteiger partial charge is 0.418 e. The Bertz CT molecular complexity index is 941. The van der Waals surface area contributed by atoms with Crippen LogP contribution in [0.15, 0.2) is 42.5 Å². The number of alkyl halides is 3. The summed E-state index contributed by atoms with van der Waals surface area (Å²) in [6, 6.07) is 8.88. The molecule has 0 aromatic heterocycles. The fourth-order valence-electron chi connectivity index (χ4n) is 2.36. The first-order chi connectivity index (χ1) is 11.9. The molecule has 140 valence electrons.